The third kappa shape index (κ3) is 5.92. The number of ether oxygens (including phenoxy) is 1. The van der Waals surface area contributed by atoms with Crippen molar-refractivity contribution < 1.29 is 14.3 Å². The average Bonchev–Trinajstić information content (AvgIpc) is 2.37. The van der Waals surface area contributed by atoms with Gasteiger partial charge in [-0.1, -0.05) is 26.0 Å². The molecule has 1 rings (SSSR count). The molecule has 0 aromatic heterocycles. The summed E-state index contributed by atoms with van der Waals surface area (Å²) in [5.74, 6) is 0.268. The monoisotopic (exact) mass is 280 g/mol. The van der Waals surface area contributed by atoms with Gasteiger partial charge in [0.2, 0.25) is 0 Å². The van der Waals surface area contributed by atoms with Crippen LogP contribution in [0.2, 0.25) is 0 Å². The first kappa shape index (κ1) is 15.8. The molecule has 0 aliphatic carbocycles. The van der Waals surface area contributed by atoms with Crippen molar-refractivity contribution >= 4 is 23.5 Å². The minimum atomic E-state index is -0.441. The van der Waals surface area contributed by atoms with Gasteiger partial charge in [-0.15, -0.1) is 11.8 Å². The Bertz CT molecular complexity index is 424. The molecule has 4 heteroatoms. The summed E-state index contributed by atoms with van der Waals surface area (Å²) in [6.07, 6.45) is -0.134. The molecular formula is C15H20O3S. The van der Waals surface area contributed by atoms with Crippen LogP contribution in [0, 0.1) is 0 Å². The van der Waals surface area contributed by atoms with Crippen molar-refractivity contribution in [3.8, 4) is 0 Å². The number of benzene rings is 1. The predicted molar refractivity (Wildman–Crippen MR) is 77.5 cm³/mol. The minimum absolute atomic E-state index is 0.101. The number of hydrogen-bond donors (Lipinski definition) is 0. The summed E-state index contributed by atoms with van der Waals surface area (Å²) in [6, 6.07) is 8.17. The molecule has 104 valence electrons. The summed E-state index contributed by atoms with van der Waals surface area (Å²) in [5, 5.41) is 0. The minimum Gasteiger partial charge on any atom is -0.466 e. The first-order chi connectivity index (χ1) is 9.02. The molecule has 0 saturated heterocycles. The summed E-state index contributed by atoms with van der Waals surface area (Å²) in [5.41, 5.74) is 1.28. The van der Waals surface area contributed by atoms with Crippen molar-refractivity contribution in [3.63, 3.8) is 0 Å². The molecule has 0 radical (unpaired) electrons. The zero-order chi connectivity index (χ0) is 14.3. The lowest BCUT2D eigenvalue weighted by atomic mass is 10.0. The van der Waals surface area contributed by atoms with E-state index in [2.05, 4.69) is 26.0 Å². The fourth-order valence-electron chi connectivity index (χ4n) is 1.54. The zero-order valence-electron chi connectivity index (χ0n) is 11.6. The second-order valence-corrected chi connectivity index (χ2v) is 5.58. The van der Waals surface area contributed by atoms with E-state index in [4.69, 9.17) is 4.74 Å². The summed E-state index contributed by atoms with van der Waals surface area (Å²) < 4.78 is 4.74. The molecule has 0 bridgehead atoms. The standard InChI is InChI=1S/C15H20O3S/c1-4-18-15(17)9-13(16)10-19-14-7-5-12(6-8-14)11(2)3/h5-8,11H,4,9-10H2,1-3H3. The van der Waals surface area contributed by atoms with E-state index in [-0.39, 0.29) is 12.2 Å². The largest absolute Gasteiger partial charge is 0.466 e. The SMILES string of the molecule is CCOC(=O)CC(=O)CSc1ccc(C(C)C)cc1. The van der Waals surface area contributed by atoms with Crippen LogP contribution in [0.4, 0.5) is 0 Å². The number of ketones is 1. The Hall–Kier alpha value is -1.29. The maximum absolute atomic E-state index is 11.6. The van der Waals surface area contributed by atoms with Gasteiger partial charge in [0.15, 0.2) is 5.78 Å². The number of esters is 1. The molecule has 19 heavy (non-hydrogen) atoms. The Morgan fingerprint density at radius 2 is 1.84 bits per heavy atom. The molecule has 3 nitrogen and oxygen atoms in total. The van der Waals surface area contributed by atoms with Gasteiger partial charge in [0.1, 0.15) is 6.42 Å². The van der Waals surface area contributed by atoms with Crippen LogP contribution in [-0.4, -0.2) is 24.1 Å². The van der Waals surface area contributed by atoms with Crippen LogP contribution in [-0.2, 0) is 14.3 Å². The zero-order valence-corrected chi connectivity index (χ0v) is 12.5. The van der Waals surface area contributed by atoms with Crippen LogP contribution >= 0.6 is 11.8 Å². The Labute approximate surface area is 118 Å². The van der Waals surface area contributed by atoms with Crippen molar-refractivity contribution in [2.24, 2.45) is 0 Å². The van der Waals surface area contributed by atoms with Gasteiger partial charge in [-0.2, -0.15) is 0 Å². The van der Waals surface area contributed by atoms with Gasteiger partial charge in [0, 0.05) is 4.90 Å². The summed E-state index contributed by atoms with van der Waals surface area (Å²) in [6.45, 7) is 6.33. The molecule has 1 aromatic carbocycles. The Morgan fingerprint density at radius 1 is 1.21 bits per heavy atom. The number of hydrogen-bond acceptors (Lipinski definition) is 4. The highest BCUT2D eigenvalue weighted by Gasteiger charge is 2.10. The lowest BCUT2D eigenvalue weighted by molar-refractivity contribution is -0.145. The van der Waals surface area contributed by atoms with Crippen LogP contribution < -0.4 is 0 Å². The third-order valence-corrected chi connectivity index (χ3v) is 3.67. The van der Waals surface area contributed by atoms with E-state index in [0.29, 0.717) is 18.3 Å². The quantitative estimate of drug-likeness (QED) is 0.436. The predicted octanol–water partition coefficient (Wildman–Crippen LogP) is 3.42. The van der Waals surface area contributed by atoms with Crippen molar-refractivity contribution in [1.82, 2.24) is 0 Å². The number of thioether (sulfide) groups is 1. The Morgan fingerprint density at radius 3 is 2.37 bits per heavy atom. The van der Waals surface area contributed by atoms with E-state index in [1.165, 1.54) is 17.3 Å². The molecule has 0 spiro atoms. The highest BCUT2D eigenvalue weighted by atomic mass is 32.2. The summed E-state index contributed by atoms with van der Waals surface area (Å²) >= 11 is 1.45. The maximum Gasteiger partial charge on any atom is 0.313 e. The van der Waals surface area contributed by atoms with Crippen molar-refractivity contribution in [3.05, 3.63) is 29.8 Å². The first-order valence-corrected chi connectivity index (χ1v) is 7.41. The third-order valence-electron chi connectivity index (χ3n) is 2.59. The van der Waals surface area contributed by atoms with Gasteiger partial charge in [-0.05, 0) is 30.5 Å². The fraction of sp³-hybridized carbons (Fsp3) is 0.467. The second-order valence-electron chi connectivity index (χ2n) is 4.53. The Balaban J connectivity index is 2.39. The topological polar surface area (TPSA) is 43.4 Å². The van der Waals surface area contributed by atoms with Gasteiger partial charge in [-0.3, -0.25) is 9.59 Å². The molecule has 0 N–H and O–H groups in total. The molecule has 0 aliphatic heterocycles. The normalized spacial score (nSPS) is 10.5. The van der Waals surface area contributed by atoms with E-state index in [0.717, 1.165) is 4.90 Å². The van der Waals surface area contributed by atoms with Crippen molar-refractivity contribution in [2.75, 3.05) is 12.4 Å². The smallest absolute Gasteiger partial charge is 0.313 e. The lowest BCUT2D eigenvalue weighted by Gasteiger charge is -2.06. The van der Waals surface area contributed by atoms with Crippen LogP contribution in [0.3, 0.4) is 0 Å². The van der Waals surface area contributed by atoms with E-state index in [1.54, 1.807) is 6.92 Å². The number of carbonyl (C=O) groups is 2. The number of Topliss-reactive ketones (excluding diaryl/α,β-unsaturated/α-hetero) is 1. The second kappa shape index (κ2) is 8.00. The molecule has 0 atom stereocenters. The molecule has 0 fully saturated rings. The van der Waals surface area contributed by atoms with Crippen molar-refractivity contribution in [2.45, 2.75) is 38.0 Å². The number of rotatable bonds is 7. The maximum atomic E-state index is 11.6. The lowest BCUT2D eigenvalue weighted by Crippen LogP contribution is -2.12. The van der Waals surface area contributed by atoms with Gasteiger partial charge < -0.3 is 4.74 Å². The Kier molecular flexibility index (Phi) is 6.64. The molecule has 0 heterocycles. The van der Waals surface area contributed by atoms with Crippen LogP contribution in [0.15, 0.2) is 29.2 Å². The van der Waals surface area contributed by atoms with Crippen LogP contribution in [0.5, 0.6) is 0 Å². The highest BCUT2D eigenvalue weighted by molar-refractivity contribution is 8.00. The van der Waals surface area contributed by atoms with Gasteiger partial charge >= 0.3 is 5.97 Å². The van der Waals surface area contributed by atoms with E-state index < -0.39 is 5.97 Å². The van der Waals surface area contributed by atoms with Gasteiger partial charge in [-0.25, -0.2) is 0 Å². The van der Waals surface area contributed by atoms with Crippen LogP contribution in [0.1, 0.15) is 38.7 Å². The highest BCUT2D eigenvalue weighted by Crippen LogP contribution is 2.22. The average molecular weight is 280 g/mol. The molecule has 0 unspecified atom stereocenters. The fourth-order valence-corrected chi connectivity index (χ4v) is 2.30. The molecular weight excluding hydrogens is 260 g/mol. The molecule has 0 amide bonds. The van der Waals surface area contributed by atoms with E-state index in [1.807, 2.05) is 12.1 Å². The van der Waals surface area contributed by atoms with Crippen molar-refractivity contribution in [1.29, 1.82) is 0 Å². The molecule has 1 aromatic rings. The van der Waals surface area contributed by atoms with E-state index in [9.17, 15) is 9.59 Å². The van der Waals surface area contributed by atoms with Gasteiger partial charge in [0.05, 0.1) is 12.4 Å². The molecule has 0 aliphatic rings. The van der Waals surface area contributed by atoms with Gasteiger partial charge in [0.25, 0.3) is 0 Å². The molecule has 0 saturated carbocycles. The summed E-state index contributed by atoms with van der Waals surface area (Å²) in [7, 11) is 0. The first-order valence-electron chi connectivity index (χ1n) is 6.43. The van der Waals surface area contributed by atoms with Crippen LogP contribution in [0.25, 0.3) is 0 Å². The van der Waals surface area contributed by atoms with E-state index >= 15 is 0 Å². The number of carbonyl (C=O) groups excluding carboxylic acids is 2. The summed E-state index contributed by atoms with van der Waals surface area (Å²) in [4.78, 5) is 23.7.